The Morgan fingerprint density at radius 1 is 0.370 bits per heavy atom. The topological polar surface area (TPSA) is 3.24 Å². The van der Waals surface area contributed by atoms with Crippen LogP contribution in [0.4, 0.5) is 17.1 Å². The third-order valence-corrected chi connectivity index (χ3v) is 16.0. The SMILES string of the molecule is C1=CCC(C2(c3ccccc3)c3ccccc3C3(c4ccccc4-c4c(-c5ccc(N(c6ccc(-c7cccc8ccccc78)cc6)c6cccc7ccccc67)cc5)cccc43)c3ccccc32)C=C1.CC. The van der Waals surface area contributed by atoms with Crippen molar-refractivity contribution in [1.29, 1.82) is 0 Å². The predicted octanol–water partition coefficient (Wildman–Crippen LogP) is 19.0. The van der Waals surface area contributed by atoms with Crippen LogP contribution in [0.25, 0.3) is 54.9 Å². The summed E-state index contributed by atoms with van der Waals surface area (Å²) in [4.78, 5) is 2.42. The van der Waals surface area contributed by atoms with E-state index in [2.05, 4.69) is 284 Å². The Labute approximate surface area is 429 Å². The van der Waals surface area contributed by atoms with Gasteiger partial charge in [-0.1, -0.05) is 263 Å². The molecule has 0 saturated heterocycles. The molecule has 1 heteroatoms. The third-order valence-electron chi connectivity index (χ3n) is 16.0. The molecular formula is C72H55N. The number of anilines is 3. The van der Waals surface area contributed by atoms with Gasteiger partial charge in [-0.3, -0.25) is 0 Å². The number of allylic oxidation sites excluding steroid dienone is 4. The zero-order valence-electron chi connectivity index (χ0n) is 41.3. The second kappa shape index (κ2) is 18.1. The first-order valence-corrected chi connectivity index (χ1v) is 26.0. The monoisotopic (exact) mass is 933 g/mol. The molecule has 11 aromatic carbocycles. The summed E-state index contributed by atoms with van der Waals surface area (Å²) >= 11 is 0. The van der Waals surface area contributed by atoms with Crippen molar-refractivity contribution in [3.63, 3.8) is 0 Å². The summed E-state index contributed by atoms with van der Waals surface area (Å²) in [5, 5.41) is 4.93. The molecule has 348 valence electrons. The maximum atomic E-state index is 2.46. The fourth-order valence-electron chi connectivity index (χ4n) is 13.2. The molecule has 0 amide bonds. The quantitative estimate of drug-likeness (QED) is 0.154. The Morgan fingerprint density at radius 2 is 0.849 bits per heavy atom. The highest BCUT2D eigenvalue weighted by Crippen LogP contribution is 2.66. The van der Waals surface area contributed by atoms with Gasteiger partial charge in [0.2, 0.25) is 0 Å². The molecule has 1 nitrogen and oxygen atoms in total. The molecule has 0 saturated carbocycles. The van der Waals surface area contributed by atoms with Gasteiger partial charge >= 0.3 is 0 Å². The average Bonchev–Trinajstić information content (AvgIpc) is 3.80. The number of hydrogen-bond donors (Lipinski definition) is 0. The zero-order chi connectivity index (χ0) is 48.9. The van der Waals surface area contributed by atoms with Gasteiger partial charge in [-0.05, 0) is 131 Å². The molecule has 1 atom stereocenters. The highest BCUT2D eigenvalue weighted by Gasteiger charge is 2.58. The van der Waals surface area contributed by atoms with E-state index in [1.54, 1.807) is 0 Å². The molecule has 73 heavy (non-hydrogen) atoms. The molecule has 0 heterocycles. The molecule has 3 aliphatic carbocycles. The molecule has 0 aromatic heterocycles. The smallest absolute Gasteiger partial charge is 0.0719 e. The highest BCUT2D eigenvalue weighted by molar-refractivity contribution is 6.01. The van der Waals surface area contributed by atoms with Gasteiger partial charge in [0.25, 0.3) is 0 Å². The Kier molecular flexibility index (Phi) is 11.0. The first kappa shape index (κ1) is 44.2. The summed E-state index contributed by atoms with van der Waals surface area (Å²) in [6.45, 7) is 4.00. The Hall–Kier alpha value is -8.78. The lowest BCUT2D eigenvalue weighted by Gasteiger charge is -2.52. The van der Waals surface area contributed by atoms with E-state index >= 15 is 0 Å². The maximum absolute atomic E-state index is 2.46. The van der Waals surface area contributed by atoms with Crippen molar-refractivity contribution < 1.29 is 0 Å². The second-order valence-electron chi connectivity index (χ2n) is 19.4. The number of benzene rings is 11. The standard InChI is InChI=1S/C70H49N.C2H6/c1-3-24-52(25-4-1)69(53-26-5-2-6-27-53)62-34-13-15-36-64(62)70(65-37-16-14-35-63(65)69)61-33-12-11-30-60(61)68-59(32-19-38-66(68)70)51-42-46-55(47-43-51)71(67-39-18-23-49-21-8-10-29-58(49)67)54-44-40-50(41-45-54)57-31-17-22-48-20-7-9-28-56(48)57;1-2/h1-26,28-47,53H,27H2;1-2H3. The van der Waals surface area contributed by atoms with Crippen molar-refractivity contribution in [3.05, 3.63) is 318 Å². The van der Waals surface area contributed by atoms with Crippen LogP contribution < -0.4 is 4.90 Å². The van der Waals surface area contributed by atoms with Crippen molar-refractivity contribution in [1.82, 2.24) is 0 Å². The van der Waals surface area contributed by atoms with Crippen LogP contribution in [0.3, 0.4) is 0 Å². The van der Waals surface area contributed by atoms with Crippen LogP contribution in [0.5, 0.6) is 0 Å². The molecule has 14 rings (SSSR count). The van der Waals surface area contributed by atoms with E-state index in [4.69, 9.17) is 0 Å². The number of rotatable bonds is 7. The molecule has 1 unspecified atom stereocenters. The number of hydrogen-bond acceptors (Lipinski definition) is 1. The molecule has 1 spiro atoms. The molecule has 0 N–H and O–H groups in total. The lowest BCUT2D eigenvalue weighted by molar-refractivity contribution is 0.423. The molecule has 0 fully saturated rings. The zero-order valence-corrected chi connectivity index (χ0v) is 41.3. The minimum atomic E-state index is -0.537. The Bertz CT molecular complexity index is 3850. The van der Waals surface area contributed by atoms with Crippen LogP contribution in [-0.4, -0.2) is 0 Å². The van der Waals surface area contributed by atoms with E-state index in [1.807, 2.05) is 13.8 Å². The molecular weight excluding hydrogens is 879 g/mol. The first-order valence-electron chi connectivity index (χ1n) is 26.0. The summed E-state index contributed by atoms with van der Waals surface area (Å²) in [6, 6.07) is 95.5. The summed E-state index contributed by atoms with van der Waals surface area (Å²) in [7, 11) is 0. The molecule has 11 aromatic rings. The van der Waals surface area contributed by atoms with Gasteiger partial charge in [0.15, 0.2) is 0 Å². The van der Waals surface area contributed by atoms with Crippen LogP contribution in [-0.2, 0) is 10.8 Å². The van der Waals surface area contributed by atoms with Gasteiger partial charge in [-0.25, -0.2) is 0 Å². The predicted molar refractivity (Wildman–Crippen MR) is 308 cm³/mol. The van der Waals surface area contributed by atoms with Crippen molar-refractivity contribution in [2.24, 2.45) is 5.92 Å². The Balaban J connectivity index is 0.00000255. The third kappa shape index (κ3) is 6.69. The fourth-order valence-corrected chi connectivity index (χ4v) is 13.2. The van der Waals surface area contributed by atoms with E-state index in [-0.39, 0.29) is 5.92 Å². The van der Waals surface area contributed by atoms with E-state index < -0.39 is 10.8 Å². The summed E-state index contributed by atoms with van der Waals surface area (Å²) in [5.41, 5.74) is 19.4. The maximum Gasteiger partial charge on any atom is 0.0719 e. The summed E-state index contributed by atoms with van der Waals surface area (Å²) in [5.74, 6) is 0.228. The molecule has 3 aliphatic rings. The minimum absolute atomic E-state index is 0.228. The van der Waals surface area contributed by atoms with Crippen molar-refractivity contribution in [2.45, 2.75) is 31.1 Å². The van der Waals surface area contributed by atoms with Gasteiger partial charge in [0, 0.05) is 16.8 Å². The van der Waals surface area contributed by atoms with Gasteiger partial charge in [-0.2, -0.15) is 0 Å². The second-order valence-corrected chi connectivity index (χ2v) is 19.4. The highest BCUT2D eigenvalue weighted by atomic mass is 15.1. The van der Waals surface area contributed by atoms with Crippen LogP contribution in [0.2, 0.25) is 0 Å². The Morgan fingerprint density at radius 3 is 1.51 bits per heavy atom. The summed E-state index contributed by atoms with van der Waals surface area (Å²) < 4.78 is 0. The van der Waals surface area contributed by atoms with Crippen molar-refractivity contribution in [2.75, 3.05) is 4.90 Å². The lowest BCUT2D eigenvalue weighted by Crippen LogP contribution is -2.47. The normalized spacial score (nSPS) is 17.8. The van der Waals surface area contributed by atoms with Crippen LogP contribution in [0.15, 0.2) is 279 Å². The van der Waals surface area contributed by atoms with Gasteiger partial charge in [-0.15, -0.1) is 0 Å². The van der Waals surface area contributed by atoms with Crippen LogP contribution >= 0.6 is 0 Å². The van der Waals surface area contributed by atoms with Gasteiger partial charge < -0.3 is 4.90 Å². The van der Waals surface area contributed by atoms with E-state index in [0.29, 0.717) is 0 Å². The molecule has 0 aliphatic heterocycles. The minimum Gasteiger partial charge on any atom is -0.310 e. The number of fused-ring (bicyclic) bond motifs is 11. The van der Waals surface area contributed by atoms with E-state index in [9.17, 15) is 0 Å². The average molecular weight is 934 g/mol. The van der Waals surface area contributed by atoms with Crippen LogP contribution in [0, 0.1) is 5.92 Å². The molecule has 0 bridgehead atoms. The van der Waals surface area contributed by atoms with Gasteiger partial charge in [0.1, 0.15) is 0 Å². The van der Waals surface area contributed by atoms with Crippen molar-refractivity contribution >= 4 is 38.6 Å². The van der Waals surface area contributed by atoms with E-state index in [1.165, 1.54) is 93.9 Å². The summed E-state index contributed by atoms with van der Waals surface area (Å²) in [6.07, 6.45) is 10.2. The first-order chi connectivity index (χ1) is 36.2. The largest absolute Gasteiger partial charge is 0.310 e. The lowest BCUT2D eigenvalue weighted by atomic mass is 9.49. The molecule has 0 radical (unpaired) electrons. The van der Waals surface area contributed by atoms with Gasteiger partial charge in [0.05, 0.1) is 16.5 Å². The van der Waals surface area contributed by atoms with E-state index in [0.717, 1.165) is 23.5 Å². The number of nitrogens with zero attached hydrogens (tertiary/aromatic N) is 1. The van der Waals surface area contributed by atoms with Crippen LogP contribution in [0.1, 0.15) is 59.2 Å². The van der Waals surface area contributed by atoms with Crippen molar-refractivity contribution in [3.8, 4) is 33.4 Å². The fraction of sp³-hybridized carbons (Fsp3) is 0.0833.